The summed E-state index contributed by atoms with van der Waals surface area (Å²) in [6, 6.07) is 36.6. The van der Waals surface area contributed by atoms with Crippen LogP contribution in [0, 0.1) is 3.82 Å². The molecule has 1 N–H and O–H groups in total. The van der Waals surface area contributed by atoms with Gasteiger partial charge < -0.3 is 5.11 Å². The zero-order chi connectivity index (χ0) is 32.7. The first-order valence-electron chi connectivity index (χ1n) is 17.1. The van der Waals surface area contributed by atoms with Gasteiger partial charge in [0, 0.05) is 102 Å². The van der Waals surface area contributed by atoms with Crippen LogP contribution in [-0.2, 0) is 32.6 Å². The van der Waals surface area contributed by atoms with Crippen LogP contribution < -0.4 is 0 Å². The maximum Gasteiger partial charge on any atom is 0.124 e. The molecule has 0 amide bonds. The number of benzene rings is 4. The molecule has 1 aromatic heterocycles. The summed E-state index contributed by atoms with van der Waals surface area (Å²) < 4.78 is 0.971. The lowest BCUT2D eigenvalue weighted by Gasteiger charge is -2.36. The first-order valence-corrected chi connectivity index (χ1v) is 19.6. The van der Waals surface area contributed by atoms with Crippen LogP contribution in [0.4, 0.5) is 0 Å². The van der Waals surface area contributed by atoms with Crippen LogP contribution in [-0.4, -0.2) is 77.1 Å². The molecule has 0 radical (unpaired) electrons. The number of nitrogens with zero attached hydrogens (tertiary/aromatic N) is 4. The zero-order valence-corrected chi connectivity index (χ0v) is 29.9. The number of rotatable bonds is 11. The first kappa shape index (κ1) is 33.3. The SMILES string of the molecule is Oc1c(CN2CCN(Cc3ccccc3)CC2)cc(-c2ssc(=S)c2Cc2ccccc2)cc1CN1CCN(Cc2ccccc2)CC1. The fraction of sp³-hybridized carbons (Fsp3) is 0.325. The highest BCUT2D eigenvalue weighted by molar-refractivity contribution is 7.80. The van der Waals surface area contributed by atoms with Gasteiger partial charge in [-0.05, 0) is 34.4 Å². The van der Waals surface area contributed by atoms with Crippen molar-refractivity contribution in [1.82, 2.24) is 19.6 Å². The maximum atomic E-state index is 11.8. The molecule has 0 spiro atoms. The number of aromatic hydroxyl groups is 1. The van der Waals surface area contributed by atoms with Crippen LogP contribution in [0.2, 0.25) is 0 Å². The molecule has 0 bridgehead atoms. The van der Waals surface area contributed by atoms with Gasteiger partial charge in [-0.25, -0.2) is 0 Å². The summed E-state index contributed by atoms with van der Waals surface area (Å²) in [5.41, 5.74) is 8.48. The minimum Gasteiger partial charge on any atom is -0.507 e. The summed E-state index contributed by atoms with van der Waals surface area (Å²) in [5, 5.41) is 11.8. The van der Waals surface area contributed by atoms with Gasteiger partial charge in [0.2, 0.25) is 0 Å². The van der Waals surface area contributed by atoms with Gasteiger partial charge >= 0.3 is 0 Å². The molecule has 8 heteroatoms. The van der Waals surface area contributed by atoms with Crippen LogP contribution in [0.25, 0.3) is 10.4 Å². The predicted octanol–water partition coefficient (Wildman–Crippen LogP) is 8.14. The Bertz CT molecular complexity index is 1730. The second-order valence-electron chi connectivity index (χ2n) is 13.1. The lowest BCUT2D eigenvalue weighted by molar-refractivity contribution is 0.119. The molecule has 2 saturated heterocycles. The first-order chi connectivity index (χ1) is 23.6. The third-order valence-electron chi connectivity index (χ3n) is 9.69. The molecule has 0 saturated carbocycles. The second-order valence-corrected chi connectivity index (χ2v) is 16.0. The molecule has 0 atom stereocenters. The summed E-state index contributed by atoms with van der Waals surface area (Å²) in [6.45, 7) is 11.6. The summed E-state index contributed by atoms with van der Waals surface area (Å²) >= 11 is 5.89. The molecule has 248 valence electrons. The average molecular weight is 693 g/mol. The number of phenolic OH excluding ortho intramolecular Hbond substituents is 1. The van der Waals surface area contributed by atoms with E-state index in [1.807, 2.05) is 0 Å². The number of phenols is 1. The minimum absolute atomic E-state index is 0.459. The molecular formula is C40H44N4OS3. The van der Waals surface area contributed by atoms with Gasteiger partial charge in [-0.2, -0.15) is 0 Å². The Kier molecular flexibility index (Phi) is 11.1. The standard InChI is InChI=1S/C40H44N4OS3/c45-38-35(29-43-20-16-41(17-21-43)27-32-12-6-2-7-13-32)25-34(39-37(40(46)48-47-39)24-31-10-4-1-5-11-31)26-36(38)30-44-22-18-42(19-23-44)28-33-14-8-3-9-15-33/h1-15,25-26,45H,16-24,27-30H2. The Hall–Kier alpha value is -3.21. The fourth-order valence-corrected chi connectivity index (χ4v) is 9.86. The molecular weight excluding hydrogens is 649 g/mol. The highest BCUT2D eigenvalue weighted by Crippen LogP contribution is 2.40. The van der Waals surface area contributed by atoms with E-state index in [4.69, 9.17) is 12.2 Å². The van der Waals surface area contributed by atoms with E-state index in [1.165, 1.54) is 32.7 Å². The van der Waals surface area contributed by atoms with Crippen LogP contribution in [0.15, 0.2) is 103 Å². The largest absolute Gasteiger partial charge is 0.507 e. The van der Waals surface area contributed by atoms with Crippen molar-refractivity contribution in [2.45, 2.75) is 32.6 Å². The van der Waals surface area contributed by atoms with Crippen molar-refractivity contribution < 1.29 is 5.11 Å². The molecule has 7 rings (SSSR count). The number of piperazine rings is 2. The molecule has 5 aromatic rings. The van der Waals surface area contributed by atoms with Gasteiger partial charge in [-0.3, -0.25) is 19.6 Å². The molecule has 0 unspecified atom stereocenters. The average Bonchev–Trinajstić information content (AvgIpc) is 3.48. The predicted molar refractivity (Wildman–Crippen MR) is 203 cm³/mol. The lowest BCUT2D eigenvalue weighted by Crippen LogP contribution is -2.45. The third-order valence-corrected chi connectivity index (χ3v) is 12.9. The Morgan fingerprint density at radius 3 is 1.35 bits per heavy atom. The van der Waals surface area contributed by atoms with E-state index in [0.29, 0.717) is 5.75 Å². The Morgan fingerprint density at radius 1 is 0.521 bits per heavy atom. The van der Waals surface area contributed by atoms with Crippen molar-refractivity contribution >= 4 is 32.9 Å². The molecule has 2 aliphatic rings. The van der Waals surface area contributed by atoms with E-state index in [-0.39, 0.29) is 0 Å². The van der Waals surface area contributed by atoms with Crippen LogP contribution in [0.5, 0.6) is 5.75 Å². The van der Waals surface area contributed by atoms with Crippen LogP contribution >= 0.6 is 32.9 Å². The normalized spacial score (nSPS) is 16.8. The molecule has 3 heterocycles. The van der Waals surface area contributed by atoms with Crippen molar-refractivity contribution in [3.8, 4) is 16.2 Å². The highest BCUT2D eigenvalue weighted by atomic mass is 32.9. The molecule has 2 aliphatic heterocycles. The topological polar surface area (TPSA) is 33.2 Å². The Labute approximate surface area is 297 Å². The molecule has 48 heavy (non-hydrogen) atoms. The molecule has 4 aromatic carbocycles. The summed E-state index contributed by atoms with van der Waals surface area (Å²) in [4.78, 5) is 11.3. The van der Waals surface area contributed by atoms with E-state index in [9.17, 15) is 5.11 Å². The van der Waals surface area contributed by atoms with E-state index in [1.54, 1.807) is 20.7 Å². The monoisotopic (exact) mass is 692 g/mol. The molecule has 5 nitrogen and oxygen atoms in total. The van der Waals surface area contributed by atoms with Crippen molar-refractivity contribution in [1.29, 1.82) is 0 Å². The van der Waals surface area contributed by atoms with E-state index in [2.05, 4.69) is 123 Å². The lowest BCUT2D eigenvalue weighted by atomic mass is 9.98. The smallest absolute Gasteiger partial charge is 0.124 e. The summed E-state index contributed by atoms with van der Waals surface area (Å²) in [7, 11) is 3.48. The maximum absolute atomic E-state index is 11.8. The molecule has 2 fully saturated rings. The Balaban J connectivity index is 1.10. The minimum atomic E-state index is 0.459. The van der Waals surface area contributed by atoms with E-state index in [0.717, 1.165) is 99.9 Å². The van der Waals surface area contributed by atoms with Crippen molar-refractivity contribution in [3.63, 3.8) is 0 Å². The van der Waals surface area contributed by atoms with E-state index >= 15 is 0 Å². The third kappa shape index (κ3) is 8.50. The van der Waals surface area contributed by atoms with Crippen molar-refractivity contribution in [3.05, 3.63) is 140 Å². The van der Waals surface area contributed by atoms with Crippen molar-refractivity contribution in [2.75, 3.05) is 52.4 Å². The quantitative estimate of drug-likeness (QED) is 0.111. The summed E-state index contributed by atoms with van der Waals surface area (Å²) in [5.74, 6) is 0.459. The van der Waals surface area contributed by atoms with Crippen LogP contribution in [0.1, 0.15) is 33.4 Å². The molecule has 0 aliphatic carbocycles. The van der Waals surface area contributed by atoms with Gasteiger partial charge in [0.1, 0.15) is 9.57 Å². The highest BCUT2D eigenvalue weighted by Gasteiger charge is 2.24. The van der Waals surface area contributed by atoms with Gasteiger partial charge in [0.15, 0.2) is 0 Å². The van der Waals surface area contributed by atoms with Gasteiger partial charge in [0.05, 0.1) is 4.88 Å². The second kappa shape index (κ2) is 16.0. The van der Waals surface area contributed by atoms with Gasteiger partial charge in [-0.1, -0.05) is 124 Å². The van der Waals surface area contributed by atoms with Gasteiger partial charge in [0.25, 0.3) is 0 Å². The van der Waals surface area contributed by atoms with Gasteiger partial charge in [-0.15, -0.1) is 0 Å². The van der Waals surface area contributed by atoms with Crippen molar-refractivity contribution in [2.24, 2.45) is 0 Å². The van der Waals surface area contributed by atoms with E-state index < -0.39 is 0 Å². The zero-order valence-electron chi connectivity index (χ0n) is 27.5. The fourth-order valence-electron chi connectivity index (χ4n) is 6.96. The van der Waals surface area contributed by atoms with Crippen LogP contribution in [0.3, 0.4) is 0 Å². The number of hydrogen-bond donors (Lipinski definition) is 1. The number of hydrogen-bond acceptors (Lipinski definition) is 8. The summed E-state index contributed by atoms with van der Waals surface area (Å²) in [6.07, 6.45) is 0.827. The Morgan fingerprint density at radius 2 is 0.917 bits per heavy atom.